The van der Waals surface area contributed by atoms with Gasteiger partial charge in [-0.2, -0.15) is 0 Å². The van der Waals surface area contributed by atoms with Crippen LogP contribution in [0.2, 0.25) is 0 Å². The van der Waals surface area contributed by atoms with Gasteiger partial charge in [-0.1, -0.05) is 18.7 Å². The summed E-state index contributed by atoms with van der Waals surface area (Å²) in [6.45, 7) is 2.77. The molecule has 1 heterocycles. The van der Waals surface area contributed by atoms with Crippen LogP contribution in [0.3, 0.4) is 0 Å². The third-order valence-electron chi connectivity index (χ3n) is 3.45. The maximum atomic E-state index is 11.5. The Morgan fingerprint density at radius 3 is 3.05 bits per heavy atom. The highest BCUT2D eigenvalue weighted by Crippen LogP contribution is 2.39. The zero-order valence-corrected chi connectivity index (χ0v) is 12.0. The van der Waals surface area contributed by atoms with E-state index in [0.717, 1.165) is 24.5 Å². The van der Waals surface area contributed by atoms with Gasteiger partial charge in [-0.25, -0.2) is 4.68 Å². The van der Waals surface area contributed by atoms with Crippen LogP contribution in [0.4, 0.5) is 0 Å². The highest BCUT2D eigenvalue weighted by Gasteiger charge is 2.45. The normalized spacial score (nSPS) is 26.7. The molecule has 0 aliphatic heterocycles. The number of carboxylic acid groups (broad SMARTS) is 1. The molecule has 106 valence electrons. The summed E-state index contributed by atoms with van der Waals surface area (Å²) in [7, 11) is 1.79. The van der Waals surface area contributed by atoms with Crippen LogP contribution in [-0.2, 0) is 11.8 Å². The van der Waals surface area contributed by atoms with Crippen LogP contribution >= 0.6 is 11.8 Å². The molecule has 0 spiro atoms. The van der Waals surface area contributed by atoms with Crippen LogP contribution < -0.4 is 5.32 Å². The lowest BCUT2D eigenvalue weighted by Crippen LogP contribution is -2.50. The molecule has 1 aliphatic rings. The van der Waals surface area contributed by atoms with Gasteiger partial charge in [-0.05, 0) is 42.7 Å². The lowest BCUT2D eigenvalue weighted by atomic mass is 9.98. The number of aryl methyl sites for hydroxylation is 1. The second-order valence-electron chi connectivity index (χ2n) is 4.88. The maximum Gasteiger partial charge on any atom is 0.323 e. The minimum absolute atomic E-state index is 0.241. The number of hydrogen-bond acceptors (Lipinski definition) is 6. The summed E-state index contributed by atoms with van der Waals surface area (Å²) < 4.78 is 1.62. The number of aromatic nitrogens is 4. The molecule has 1 aromatic rings. The Morgan fingerprint density at radius 2 is 2.47 bits per heavy atom. The van der Waals surface area contributed by atoms with E-state index in [4.69, 9.17) is 0 Å². The minimum Gasteiger partial charge on any atom is -0.480 e. The molecule has 19 heavy (non-hydrogen) atoms. The number of aliphatic carboxylic acids is 1. The van der Waals surface area contributed by atoms with Gasteiger partial charge in [0.1, 0.15) is 5.54 Å². The van der Waals surface area contributed by atoms with Gasteiger partial charge in [0.05, 0.1) is 0 Å². The molecule has 0 aromatic carbocycles. The van der Waals surface area contributed by atoms with Gasteiger partial charge >= 0.3 is 5.97 Å². The van der Waals surface area contributed by atoms with Crippen molar-refractivity contribution in [1.29, 1.82) is 0 Å². The fraction of sp³-hybridized carbons (Fsp3) is 0.818. The molecule has 2 N–H and O–H groups in total. The maximum absolute atomic E-state index is 11.5. The van der Waals surface area contributed by atoms with Crippen molar-refractivity contribution in [2.24, 2.45) is 7.05 Å². The van der Waals surface area contributed by atoms with E-state index in [2.05, 4.69) is 20.8 Å². The molecule has 0 saturated heterocycles. The molecule has 1 aliphatic carbocycles. The Morgan fingerprint density at radius 1 is 1.68 bits per heavy atom. The fourth-order valence-electron chi connectivity index (χ4n) is 2.37. The molecule has 8 heteroatoms. The second kappa shape index (κ2) is 5.87. The van der Waals surface area contributed by atoms with Crippen molar-refractivity contribution in [1.82, 2.24) is 25.5 Å². The van der Waals surface area contributed by atoms with Crippen LogP contribution in [0.1, 0.15) is 32.6 Å². The average molecular weight is 285 g/mol. The first-order chi connectivity index (χ1) is 9.07. The first-order valence-corrected chi connectivity index (χ1v) is 7.33. The molecule has 1 saturated carbocycles. The van der Waals surface area contributed by atoms with E-state index in [-0.39, 0.29) is 5.25 Å². The number of thioether (sulfide) groups is 1. The quantitative estimate of drug-likeness (QED) is 0.793. The van der Waals surface area contributed by atoms with E-state index in [9.17, 15) is 9.90 Å². The first-order valence-electron chi connectivity index (χ1n) is 6.45. The topological polar surface area (TPSA) is 92.9 Å². The SMILES string of the molecule is CCCNC1(C(=O)O)CCC(Sc2nnnn2C)C1. The fourth-order valence-corrected chi connectivity index (χ4v) is 3.54. The van der Waals surface area contributed by atoms with Crippen molar-refractivity contribution in [3.63, 3.8) is 0 Å². The van der Waals surface area contributed by atoms with Gasteiger partial charge < -0.3 is 10.4 Å². The summed E-state index contributed by atoms with van der Waals surface area (Å²) in [6.07, 6.45) is 3.06. The van der Waals surface area contributed by atoms with Gasteiger partial charge in [0.15, 0.2) is 0 Å². The molecule has 2 unspecified atom stereocenters. The number of nitrogens with one attached hydrogen (secondary N) is 1. The second-order valence-corrected chi connectivity index (χ2v) is 6.15. The zero-order valence-electron chi connectivity index (χ0n) is 11.2. The largest absolute Gasteiger partial charge is 0.480 e. The molecule has 0 bridgehead atoms. The monoisotopic (exact) mass is 285 g/mol. The van der Waals surface area contributed by atoms with Crippen LogP contribution in [0.25, 0.3) is 0 Å². The molecule has 1 aromatic heterocycles. The first kappa shape index (κ1) is 14.3. The third-order valence-corrected chi connectivity index (χ3v) is 4.74. The number of carbonyl (C=O) groups is 1. The predicted molar refractivity (Wildman–Crippen MR) is 71.0 cm³/mol. The summed E-state index contributed by atoms with van der Waals surface area (Å²) >= 11 is 1.56. The standard InChI is InChI=1S/C11H19N5O2S/c1-3-6-12-11(9(17)18)5-4-8(7-11)19-10-13-14-15-16(10)2/h8,12H,3-7H2,1-2H3,(H,17,18). The molecule has 2 atom stereocenters. The molecular weight excluding hydrogens is 266 g/mol. The van der Waals surface area contributed by atoms with Crippen LogP contribution in [-0.4, -0.2) is 48.6 Å². The van der Waals surface area contributed by atoms with Crippen molar-refractivity contribution < 1.29 is 9.90 Å². The van der Waals surface area contributed by atoms with Gasteiger partial charge in [-0.3, -0.25) is 4.79 Å². The summed E-state index contributed by atoms with van der Waals surface area (Å²) in [5.41, 5.74) is -0.778. The van der Waals surface area contributed by atoms with Crippen LogP contribution in [0, 0.1) is 0 Å². The van der Waals surface area contributed by atoms with E-state index in [0.29, 0.717) is 12.8 Å². The van der Waals surface area contributed by atoms with Crippen molar-refractivity contribution in [2.45, 2.75) is 48.6 Å². The molecule has 0 radical (unpaired) electrons. The van der Waals surface area contributed by atoms with E-state index < -0.39 is 11.5 Å². The van der Waals surface area contributed by atoms with Crippen LogP contribution in [0.15, 0.2) is 5.16 Å². The zero-order chi connectivity index (χ0) is 13.9. The predicted octanol–water partition coefficient (Wildman–Crippen LogP) is 0.678. The van der Waals surface area contributed by atoms with Crippen molar-refractivity contribution in [2.75, 3.05) is 6.54 Å². The van der Waals surface area contributed by atoms with E-state index in [1.165, 1.54) is 0 Å². The lowest BCUT2D eigenvalue weighted by Gasteiger charge is -2.25. The highest BCUT2D eigenvalue weighted by atomic mass is 32.2. The molecule has 7 nitrogen and oxygen atoms in total. The lowest BCUT2D eigenvalue weighted by molar-refractivity contribution is -0.144. The van der Waals surface area contributed by atoms with Gasteiger partial charge in [-0.15, -0.1) is 5.10 Å². The number of carboxylic acids is 1. The Hall–Kier alpha value is -1.15. The Kier molecular flexibility index (Phi) is 4.41. The third kappa shape index (κ3) is 3.06. The average Bonchev–Trinajstić information content (AvgIpc) is 2.96. The number of hydrogen-bond donors (Lipinski definition) is 2. The van der Waals surface area contributed by atoms with Gasteiger partial charge in [0, 0.05) is 12.3 Å². The number of nitrogens with zero attached hydrogens (tertiary/aromatic N) is 4. The summed E-state index contributed by atoms with van der Waals surface area (Å²) in [5, 5.41) is 25.0. The van der Waals surface area contributed by atoms with Gasteiger partial charge in [0.2, 0.25) is 5.16 Å². The van der Waals surface area contributed by atoms with Crippen molar-refractivity contribution >= 4 is 17.7 Å². The number of rotatable bonds is 6. The Bertz CT molecular complexity index is 452. The van der Waals surface area contributed by atoms with Gasteiger partial charge in [0.25, 0.3) is 0 Å². The summed E-state index contributed by atoms with van der Waals surface area (Å²) in [6, 6.07) is 0. The molecule has 1 fully saturated rings. The van der Waals surface area contributed by atoms with E-state index in [1.807, 2.05) is 6.92 Å². The smallest absolute Gasteiger partial charge is 0.323 e. The van der Waals surface area contributed by atoms with Crippen molar-refractivity contribution in [3.05, 3.63) is 0 Å². The van der Waals surface area contributed by atoms with Crippen LogP contribution in [0.5, 0.6) is 0 Å². The van der Waals surface area contributed by atoms with E-state index >= 15 is 0 Å². The van der Waals surface area contributed by atoms with E-state index in [1.54, 1.807) is 23.5 Å². The molecular formula is C11H19N5O2S. The van der Waals surface area contributed by atoms with Crippen molar-refractivity contribution in [3.8, 4) is 0 Å². The Balaban J connectivity index is 2.00. The Labute approximate surface area is 116 Å². The number of tetrazole rings is 1. The highest BCUT2D eigenvalue weighted by molar-refractivity contribution is 7.99. The summed E-state index contributed by atoms with van der Waals surface area (Å²) in [4.78, 5) is 11.5. The minimum atomic E-state index is -0.778. The summed E-state index contributed by atoms with van der Waals surface area (Å²) in [5.74, 6) is -0.750. The molecule has 0 amide bonds. The molecule has 2 rings (SSSR count).